The van der Waals surface area contributed by atoms with Crippen molar-refractivity contribution in [3.63, 3.8) is 0 Å². The zero-order valence-corrected chi connectivity index (χ0v) is 15.6. The number of hydrogen-bond acceptors (Lipinski definition) is 4. The molecule has 0 radical (unpaired) electrons. The molecular weight excluding hydrogens is 340 g/mol. The monoisotopic (exact) mass is 366 g/mol. The molecular formula is C18H26N2O4S+2. The number of ether oxygens (including phenoxy) is 2. The molecule has 2 aromatic rings. The van der Waals surface area contributed by atoms with Crippen molar-refractivity contribution in [1.29, 1.82) is 0 Å². The Bertz CT molecular complexity index is 744. The van der Waals surface area contributed by atoms with Crippen molar-refractivity contribution in [1.82, 2.24) is 0 Å². The normalized spacial score (nSPS) is 11.6. The maximum atomic E-state index is 11.4. The van der Waals surface area contributed by atoms with Crippen LogP contribution in [0.15, 0.2) is 53.9 Å². The minimum absolute atomic E-state index is 0.324. The number of hydrogen-bond donors (Lipinski definition) is 0. The second-order valence-electron chi connectivity index (χ2n) is 5.88. The fourth-order valence-corrected chi connectivity index (χ4v) is 2.80. The molecule has 0 atom stereocenters. The van der Waals surface area contributed by atoms with E-state index in [4.69, 9.17) is 9.47 Å². The standard InChI is InChI=1S/C18H26N2O4S/c1-17-3-7-19(8-4-17)11-13-23-15-16-24-14-12-20-9-5-18(6-10-20)25(2,21)22/h3-10H,11-16H2,1-2H3/q+2. The van der Waals surface area contributed by atoms with E-state index >= 15 is 0 Å². The van der Waals surface area contributed by atoms with E-state index in [0.29, 0.717) is 37.9 Å². The molecule has 0 fully saturated rings. The molecule has 0 aliphatic carbocycles. The lowest BCUT2D eigenvalue weighted by atomic mass is 10.3. The topological polar surface area (TPSA) is 60.4 Å². The summed E-state index contributed by atoms with van der Waals surface area (Å²) in [4.78, 5) is 0.324. The van der Waals surface area contributed by atoms with Crippen molar-refractivity contribution in [2.75, 3.05) is 32.7 Å². The minimum Gasteiger partial charge on any atom is -0.372 e. The van der Waals surface area contributed by atoms with E-state index in [1.54, 1.807) is 24.5 Å². The summed E-state index contributed by atoms with van der Waals surface area (Å²) in [6.45, 7) is 5.87. The number of aryl methyl sites for hydroxylation is 1. The Balaban J connectivity index is 1.54. The zero-order valence-electron chi connectivity index (χ0n) is 14.8. The Hall–Kier alpha value is -1.83. The molecule has 136 valence electrons. The number of nitrogens with zero attached hydrogens (tertiary/aromatic N) is 2. The SMILES string of the molecule is Cc1cc[n+](CCOCCOCC[n+]2ccc(S(C)(=O)=O)cc2)cc1. The van der Waals surface area contributed by atoms with Crippen molar-refractivity contribution >= 4 is 9.84 Å². The van der Waals surface area contributed by atoms with Gasteiger partial charge in [-0.3, -0.25) is 0 Å². The zero-order chi connectivity index (χ0) is 18.1. The van der Waals surface area contributed by atoms with Crippen LogP contribution in [-0.2, 0) is 32.4 Å². The van der Waals surface area contributed by atoms with E-state index in [-0.39, 0.29) is 0 Å². The molecule has 0 saturated heterocycles. The van der Waals surface area contributed by atoms with Crippen LogP contribution in [0.4, 0.5) is 0 Å². The number of pyridine rings is 2. The highest BCUT2D eigenvalue weighted by Gasteiger charge is 2.09. The van der Waals surface area contributed by atoms with Gasteiger partial charge >= 0.3 is 0 Å². The smallest absolute Gasteiger partial charge is 0.175 e. The molecule has 2 aromatic heterocycles. The van der Waals surface area contributed by atoms with Gasteiger partial charge in [-0.2, -0.15) is 0 Å². The summed E-state index contributed by atoms with van der Waals surface area (Å²) < 4.78 is 37.8. The van der Waals surface area contributed by atoms with Crippen LogP contribution in [-0.4, -0.2) is 41.1 Å². The molecule has 0 N–H and O–H groups in total. The van der Waals surface area contributed by atoms with E-state index < -0.39 is 9.84 Å². The second-order valence-corrected chi connectivity index (χ2v) is 7.90. The molecule has 0 aliphatic rings. The van der Waals surface area contributed by atoms with Crippen LogP contribution in [0, 0.1) is 6.92 Å². The quantitative estimate of drug-likeness (QED) is 0.459. The molecule has 0 amide bonds. The van der Waals surface area contributed by atoms with Crippen LogP contribution in [0.5, 0.6) is 0 Å². The first-order valence-corrected chi connectivity index (χ1v) is 10.1. The highest BCUT2D eigenvalue weighted by molar-refractivity contribution is 7.90. The Kier molecular flexibility index (Phi) is 7.49. The predicted octanol–water partition coefficient (Wildman–Crippen LogP) is 0.707. The summed E-state index contributed by atoms with van der Waals surface area (Å²) in [5.74, 6) is 0. The van der Waals surface area contributed by atoms with Crippen LogP contribution in [0.2, 0.25) is 0 Å². The van der Waals surface area contributed by atoms with E-state index in [2.05, 4.69) is 23.6 Å². The third-order valence-electron chi connectivity index (χ3n) is 3.71. The molecule has 2 heterocycles. The van der Waals surface area contributed by atoms with Gasteiger partial charge in [-0.05, 0) is 12.5 Å². The van der Waals surface area contributed by atoms with Gasteiger partial charge in [-0.15, -0.1) is 0 Å². The summed E-state index contributed by atoms with van der Waals surface area (Å²) in [5, 5.41) is 0. The number of aromatic nitrogens is 2. The molecule has 0 unspecified atom stereocenters. The first kappa shape index (κ1) is 19.5. The van der Waals surface area contributed by atoms with E-state index in [1.807, 2.05) is 17.0 Å². The molecule has 0 aromatic carbocycles. The second kappa shape index (κ2) is 9.60. The first-order valence-electron chi connectivity index (χ1n) is 8.25. The summed E-state index contributed by atoms with van der Waals surface area (Å²) in [6, 6.07) is 7.34. The van der Waals surface area contributed by atoms with Crippen LogP contribution >= 0.6 is 0 Å². The third kappa shape index (κ3) is 7.29. The molecule has 0 spiro atoms. The third-order valence-corrected chi connectivity index (χ3v) is 4.83. The van der Waals surface area contributed by atoms with Crippen molar-refractivity contribution < 1.29 is 27.0 Å². The minimum atomic E-state index is -3.14. The maximum Gasteiger partial charge on any atom is 0.175 e. The van der Waals surface area contributed by atoms with Crippen LogP contribution in [0.25, 0.3) is 0 Å². The first-order chi connectivity index (χ1) is 11.9. The van der Waals surface area contributed by atoms with Crippen molar-refractivity contribution in [3.05, 3.63) is 54.6 Å². The van der Waals surface area contributed by atoms with Gasteiger partial charge in [0.2, 0.25) is 0 Å². The van der Waals surface area contributed by atoms with Crippen molar-refractivity contribution in [3.8, 4) is 0 Å². The number of sulfone groups is 1. The van der Waals surface area contributed by atoms with E-state index in [1.165, 1.54) is 11.8 Å². The summed E-state index contributed by atoms with van der Waals surface area (Å²) >= 11 is 0. The van der Waals surface area contributed by atoms with Crippen LogP contribution in [0.3, 0.4) is 0 Å². The van der Waals surface area contributed by atoms with Gasteiger partial charge in [0.1, 0.15) is 13.2 Å². The van der Waals surface area contributed by atoms with Crippen LogP contribution < -0.4 is 9.13 Å². The van der Waals surface area contributed by atoms with Gasteiger partial charge in [-0.1, -0.05) is 0 Å². The summed E-state index contributed by atoms with van der Waals surface area (Å²) in [7, 11) is -3.14. The fraction of sp³-hybridized carbons (Fsp3) is 0.444. The Morgan fingerprint density at radius 1 is 0.800 bits per heavy atom. The highest BCUT2D eigenvalue weighted by Crippen LogP contribution is 2.03. The summed E-state index contributed by atoms with van der Waals surface area (Å²) in [5.41, 5.74) is 1.24. The lowest BCUT2D eigenvalue weighted by Gasteiger charge is -2.04. The van der Waals surface area contributed by atoms with Gasteiger partial charge < -0.3 is 9.47 Å². The number of rotatable bonds is 10. The van der Waals surface area contributed by atoms with Crippen LogP contribution in [0.1, 0.15) is 5.56 Å². The van der Waals surface area contributed by atoms with Gasteiger partial charge in [0, 0.05) is 30.5 Å². The Morgan fingerprint density at radius 3 is 1.68 bits per heavy atom. The molecule has 0 aliphatic heterocycles. The highest BCUT2D eigenvalue weighted by atomic mass is 32.2. The predicted molar refractivity (Wildman–Crippen MR) is 92.8 cm³/mol. The molecule has 7 heteroatoms. The Labute approximate surface area is 149 Å². The maximum absolute atomic E-state index is 11.4. The van der Waals surface area contributed by atoms with E-state index in [0.717, 1.165) is 6.54 Å². The lowest BCUT2D eigenvalue weighted by molar-refractivity contribution is -0.699. The van der Waals surface area contributed by atoms with Gasteiger partial charge in [0.25, 0.3) is 0 Å². The molecule has 6 nitrogen and oxygen atoms in total. The Morgan fingerprint density at radius 2 is 1.24 bits per heavy atom. The molecule has 2 rings (SSSR count). The molecule has 0 bridgehead atoms. The van der Waals surface area contributed by atoms with Crippen molar-refractivity contribution in [2.45, 2.75) is 24.9 Å². The molecule has 0 saturated carbocycles. The average molecular weight is 366 g/mol. The fourth-order valence-electron chi connectivity index (χ4n) is 2.18. The average Bonchev–Trinajstić information content (AvgIpc) is 2.58. The lowest BCUT2D eigenvalue weighted by Crippen LogP contribution is -2.36. The van der Waals surface area contributed by atoms with Gasteiger partial charge in [-0.25, -0.2) is 17.6 Å². The van der Waals surface area contributed by atoms with E-state index in [9.17, 15) is 8.42 Å². The van der Waals surface area contributed by atoms with Gasteiger partial charge in [0.05, 0.1) is 18.1 Å². The van der Waals surface area contributed by atoms with Gasteiger partial charge in [0.15, 0.2) is 47.7 Å². The largest absolute Gasteiger partial charge is 0.372 e. The molecule has 25 heavy (non-hydrogen) atoms. The summed E-state index contributed by atoms with van der Waals surface area (Å²) in [6.07, 6.45) is 8.78. The van der Waals surface area contributed by atoms with Crippen molar-refractivity contribution in [2.24, 2.45) is 0 Å².